The number of para-hydroxylation sites is 1. The molecular weight excluding hydrogens is 270 g/mol. The van der Waals surface area contributed by atoms with E-state index in [9.17, 15) is 5.11 Å². The van der Waals surface area contributed by atoms with Crippen molar-refractivity contribution in [1.82, 2.24) is 0 Å². The quantitative estimate of drug-likeness (QED) is 0.857. The SMILES string of the molecule is OC1CCC2(CCN(c3ccccc3)CC2)c2ccccc21. The molecule has 0 amide bonds. The van der Waals surface area contributed by atoms with Crippen LogP contribution in [0, 0.1) is 0 Å². The third-order valence-electron chi connectivity index (χ3n) is 5.63. The molecule has 1 spiro atoms. The second kappa shape index (κ2) is 5.44. The van der Waals surface area contributed by atoms with Crippen LogP contribution >= 0.6 is 0 Å². The van der Waals surface area contributed by atoms with E-state index in [1.54, 1.807) is 0 Å². The number of benzene rings is 2. The van der Waals surface area contributed by atoms with Crippen molar-refractivity contribution < 1.29 is 5.11 Å². The van der Waals surface area contributed by atoms with Crippen molar-refractivity contribution >= 4 is 5.69 Å². The van der Waals surface area contributed by atoms with Crippen LogP contribution in [0.3, 0.4) is 0 Å². The lowest BCUT2D eigenvalue weighted by molar-refractivity contribution is 0.125. The maximum absolute atomic E-state index is 10.3. The average Bonchev–Trinajstić information content (AvgIpc) is 2.60. The molecule has 2 aliphatic rings. The first kappa shape index (κ1) is 13.8. The van der Waals surface area contributed by atoms with E-state index in [2.05, 4.69) is 59.5 Å². The second-order valence-corrected chi connectivity index (χ2v) is 6.74. The number of aliphatic hydroxyl groups excluding tert-OH is 1. The number of anilines is 1. The van der Waals surface area contributed by atoms with Gasteiger partial charge in [-0.05, 0) is 54.4 Å². The summed E-state index contributed by atoms with van der Waals surface area (Å²) in [7, 11) is 0. The van der Waals surface area contributed by atoms with E-state index in [4.69, 9.17) is 0 Å². The monoisotopic (exact) mass is 293 g/mol. The molecule has 1 heterocycles. The summed E-state index contributed by atoms with van der Waals surface area (Å²) in [5.74, 6) is 0. The molecule has 1 N–H and O–H groups in total. The highest BCUT2D eigenvalue weighted by Gasteiger charge is 2.41. The summed E-state index contributed by atoms with van der Waals surface area (Å²) in [6, 6.07) is 19.3. The fraction of sp³-hybridized carbons (Fsp3) is 0.400. The largest absolute Gasteiger partial charge is 0.388 e. The molecule has 22 heavy (non-hydrogen) atoms. The van der Waals surface area contributed by atoms with E-state index in [1.165, 1.54) is 29.7 Å². The molecule has 0 radical (unpaired) electrons. The van der Waals surface area contributed by atoms with Gasteiger partial charge in [-0.25, -0.2) is 0 Å². The Bertz CT molecular complexity index is 644. The zero-order valence-electron chi connectivity index (χ0n) is 12.9. The van der Waals surface area contributed by atoms with Crippen LogP contribution < -0.4 is 4.90 Å². The summed E-state index contributed by atoms with van der Waals surface area (Å²) in [4.78, 5) is 2.50. The third kappa shape index (κ3) is 2.22. The Balaban J connectivity index is 1.59. The number of aliphatic hydroxyl groups is 1. The van der Waals surface area contributed by atoms with E-state index < -0.39 is 0 Å². The maximum Gasteiger partial charge on any atom is 0.0793 e. The van der Waals surface area contributed by atoms with Crippen molar-refractivity contribution in [3.63, 3.8) is 0 Å². The first-order valence-electron chi connectivity index (χ1n) is 8.36. The number of rotatable bonds is 1. The minimum absolute atomic E-state index is 0.269. The van der Waals surface area contributed by atoms with Gasteiger partial charge in [0.25, 0.3) is 0 Å². The Kier molecular flexibility index (Phi) is 3.42. The Morgan fingerprint density at radius 3 is 2.32 bits per heavy atom. The highest BCUT2D eigenvalue weighted by molar-refractivity contribution is 5.48. The van der Waals surface area contributed by atoms with Crippen LogP contribution in [0.2, 0.25) is 0 Å². The summed E-state index contributed by atoms with van der Waals surface area (Å²) in [5.41, 5.74) is 4.19. The van der Waals surface area contributed by atoms with Crippen LogP contribution in [0.1, 0.15) is 42.9 Å². The molecule has 0 bridgehead atoms. The summed E-state index contributed by atoms with van der Waals surface area (Å²) < 4.78 is 0. The third-order valence-corrected chi connectivity index (χ3v) is 5.63. The van der Waals surface area contributed by atoms with Crippen LogP contribution in [-0.4, -0.2) is 18.2 Å². The van der Waals surface area contributed by atoms with Gasteiger partial charge in [0, 0.05) is 18.8 Å². The van der Waals surface area contributed by atoms with Gasteiger partial charge in [0.05, 0.1) is 6.10 Å². The van der Waals surface area contributed by atoms with Crippen LogP contribution in [0.15, 0.2) is 54.6 Å². The maximum atomic E-state index is 10.3. The van der Waals surface area contributed by atoms with Crippen molar-refractivity contribution in [3.05, 3.63) is 65.7 Å². The topological polar surface area (TPSA) is 23.5 Å². The summed E-state index contributed by atoms with van der Waals surface area (Å²) in [6.45, 7) is 2.21. The Labute approximate surface area is 132 Å². The van der Waals surface area contributed by atoms with E-state index >= 15 is 0 Å². The zero-order valence-corrected chi connectivity index (χ0v) is 12.9. The van der Waals surface area contributed by atoms with Crippen molar-refractivity contribution in [3.8, 4) is 0 Å². The average molecular weight is 293 g/mol. The van der Waals surface area contributed by atoms with Crippen LogP contribution in [0.4, 0.5) is 5.69 Å². The van der Waals surface area contributed by atoms with Crippen LogP contribution in [0.5, 0.6) is 0 Å². The van der Waals surface area contributed by atoms with Gasteiger partial charge in [-0.15, -0.1) is 0 Å². The van der Waals surface area contributed by atoms with Gasteiger partial charge in [-0.2, -0.15) is 0 Å². The minimum atomic E-state index is -0.269. The first-order chi connectivity index (χ1) is 10.8. The Morgan fingerprint density at radius 1 is 0.864 bits per heavy atom. The van der Waals surface area contributed by atoms with Crippen molar-refractivity contribution in [2.24, 2.45) is 0 Å². The molecule has 2 aromatic carbocycles. The normalized spacial score (nSPS) is 23.3. The molecule has 1 aliphatic carbocycles. The predicted molar refractivity (Wildman–Crippen MR) is 90.2 cm³/mol. The molecule has 2 nitrogen and oxygen atoms in total. The zero-order chi connectivity index (χ0) is 15.0. The standard InChI is InChI=1S/C20H23NO/c22-19-10-11-20(18-9-5-4-8-17(18)19)12-14-21(15-13-20)16-6-2-1-3-7-16/h1-9,19,22H,10-15H2. The van der Waals surface area contributed by atoms with Gasteiger partial charge in [0.1, 0.15) is 0 Å². The molecule has 1 aliphatic heterocycles. The van der Waals surface area contributed by atoms with Gasteiger partial charge in [0.15, 0.2) is 0 Å². The molecule has 1 unspecified atom stereocenters. The molecule has 2 aromatic rings. The molecule has 0 aromatic heterocycles. The lowest BCUT2D eigenvalue weighted by Crippen LogP contribution is -2.44. The van der Waals surface area contributed by atoms with Crippen LogP contribution in [0.25, 0.3) is 0 Å². The second-order valence-electron chi connectivity index (χ2n) is 6.74. The lowest BCUT2D eigenvalue weighted by atomic mass is 9.64. The van der Waals surface area contributed by atoms with E-state index in [1.807, 2.05) is 0 Å². The summed E-state index contributed by atoms with van der Waals surface area (Å²) >= 11 is 0. The summed E-state index contributed by atoms with van der Waals surface area (Å²) in [6.07, 6.45) is 4.13. The number of fused-ring (bicyclic) bond motifs is 2. The number of nitrogens with zero attached hydrogens (tertiary/aromatic N) is 1. The summed E-state index contributed by atoms with van der Waals surface area (Å²) in [5, 5.41) is 10.3. The molecule has 4 rings (SSSR count). The highest BCUT2D eigenvalue weighted by atomic mass is 16.3. The molecule has 1 fully saturated rings. The van der Waals surface area contributed by atoms with Gasteiger partial charge in [-0.1, -0.05) is 42.5 Å². The Morgan fingerprint density at radius 2 is 1.55 bits per heavy atom. The van der Waals surface area contributed by atoms with Gasteiger partial charge < -0.3 is 10.0 Å². The lowest BCUT2D eigenvalue weighted by Gasteiger charge is -2.47. The van der Waals surface area contributed by atoms with E-state index in [-0.39, 0.29) is 11.5 Å². The van der Waals surface area contributed by atoms with Gasteiger partial charge in [0.2, 0.25) is 0 Å². The van der Waals surface area contributed by atoms with Crippen LogP contribution in [-0.2, 0) is 5.41 Å². The predicted octanol–water partition coefficient (Wildman–Crippen LogP) is 4.05. The highest BCUT2D eigenvalue weighted by Crippen LogP contribution is 2.48. The smallest absolute Gasteiger partial charge is 0.0793 e. The number of piperidine rings is 1. The number of hydrogen-bond acceptors (Lipinski definition) is 2. The van der Waals surface area contributed by atoms with E-state index in [0.29, 0.717) is 0 Å². The van der Waals surface area contributed by atoms with Crippen molar-refractivity contribution in [1.29, 1.82) is 0 Å². The van der Waals surface area contributed by atoms with Gasteiger partial charge >= 0.3 is 0 Å². The molecular formula is C20H23NO. The first-order valence-corrected chi connectivity index (χ1v) is 8.36. The fourth-order valence-electron chi connectivity index (χ4n) is 4.32. The molecule has 1 saturated heterocycles. The van der Waals surface area contributed by atoms with Crippen molar-refractivity contribution in [2.75, 3.05) is 18.0 Å². The molecule has 1 atom stereocenters. The molecule has 0 saturated carbocycles. The number of hydrogen-bond donors (Lipinski definition) is 1. The van der Waals surface area contributed by atoms with E-state index in [0.717, 1.165) is 25.9 Å². The molecule has 114 valence electrons. The van der Waals surface area contributed by atoms with Gasteiger partial charge in [-0.3, -0.25) is 0 Å². The Hall–Kier alpha value is -1.80. The fourth-order valence-corrected chi connectivity index (χ4v) is 4.32. The molecule has 2 heteroatoms. The minimum Gasteiger partial charge on any atom is -0.388 e. The van der Waals surface area contributed by atoms with Crippen molar-refractivity contribution in [2.45, 2.75) is 37.2 Å².